The lowest BCUT2D eigenvalue weighted by atomic mass is 9.52. The molecule has 4 rings (SSSR count). The molecule has 0 aromatic rings. The van der Waals surface area contributed by atoms with Gasteiger partial charge in [0.15, 0.2) is 0 Å². The van der Waals surface area contributed by atoms with Crippen molar-refractivity contribution in [3.8, 4) is 0 Å². The first-order valence-corrected chi connectivity index (χ1v) is 6.97. The number of ether oxygens (including phenoxy) is 1. The van der Waals surface area contributed by atoms with Gasteiger partial charge in [-0.15, -0.1) is 0 Å². The van der Waals surface area contributed by atoms with E-state index in [9.17, 15) is 18.7 Å². The van der Waals surface area contributed by atoms with Crippen molar-refractivity contribution in [2.24, 2.45) is 11.8 Å². The van der Waals surface area contributed by atoms with E-state index >= 15 is 0 Å². The molecule has 4 saturated carbocycles. The van der Waals surface area contributed by atoms with Gasteiger partial charge in [-0.2, -0.15) is 8.78 Å². The van der Waals surface area contributed by atoms with Crippen LogP contribution in [0.25, 0.3) is 0 Å². The van der Waals surface area contributed by atoms with Crippen LogP contribution in [-0.2, 0) is 9.53 Å². The van der Waals surface area contributed by atoms with Gasteiger partial charge in [0.05, 0.1) is 11.2 Å². The van der Waals surface area contributed by atoms with Gasteiger partial charge in [-0.25, -0.2) is 0 Å². The van der Waals surface area contributed by atoms with Crippen LogP contribution in [0.15, 0.2) is 0 Å². The number of Topliss-reactive ketones (excluding diaryl/α,β-unsaturated/α-hetero) is 1. The summed E-state index contributed by atoms with van der Waals surface area (Å²) >= 11 is 0. The number of halogens is 2. The molecular formula is C14H20F2O3. The number of alkyl halides is 2. The van der Waals surface area contributed by atoms with E-state index in [1.807, 2.05) is 0 Å². The van der Waals surface area contributed by atoms with Crippen molar-refractivity contribution in [1.82, 2.24) is 0 Å². The lowest BCUT2D eigenvalue weighted by Crippen LogP contribution is -2.60. The fourth-order valence-corrected chi connectivity index (χ4v) is 4.65. The summed E-state index contributed by atoms with van der Waals surface area (Å²) in [5.41, 5.74) is -1.23. The highest BCUT2D eigenvalue weighted by Gasteiger charge is 2.58. The van der Waals surface area contributed by atoms with Gasteiger partial charge in [-0.05, 0) is 43.9 Å². The van der Waals surface area contributed by atoms with Crippen molar-refractivity contribution in [2.45, 2.75) is 62.6 Å². The van der Waals surface area contributed by atoms with Crippen LogP contribution in [0.5, 0.6) is 0 Å². The molecule has 0 aromatic carbocycles. The normalized spacial score (nSPS) is 44.6. The second-order valence-electron chi connectivity index (χ2n) is 6.97. The highest BCUT2D eigenvalue weighted by atomic mass is 19.3. The van der Waals surface area contributed by atoms with Gasteiger partial charge in [0.2, 0.25) is 5.78 Å². The molecule has 4 fully saturated rings. The molecule has 2 unspecified atom stereocenters. The lowest BCUT2D eigenvalue weighted by molar-refractivity contribution is -0.221. The average molecular weight is 274 g/mol. The highest BCUT2D eigenvalue weighted by molar-refractivity contribution is 5.86. The molecule has 0 amide bonds. The first-order valence-electron chi connectivity index (χ1n) is 6.97. The number of ketones is 1. The lowest BCUT2D eigenvalue weighted by Gasteiger charge is -2.59. The zero-order valence-electron chi connectivity index (χ0n) is 11.1. The molecule has 0 aromatic heterocycles. The number of hydrogen-bond donors (Lipinski definition) is 1. The predicted molar refractivity (Wildman–Crippen MR) is 63.9 cm³/mol. The Kier molecular flexibility index (Phi) is 2.81. The second kappa shape index (κ2) is 3.98. The van der Waals surface area contributed by atoms with Gasteiger partial charge < -0.3 is 9.84 Å². The molecular weight excluding hydrogens is 254 g/mol. The number of carbonyl (C=O) groups is 1. The van der Waals surface area contributed by atoms with Gasteiger partial charge in [0, 0.05) is 13.3 Å². The summed E-state index contributed by atoms with van der Waals surface area (Å²) in [5, 5.41) is 10.5. The number of rotatable bonds is 4. The topological polar surface area (TPSA) is 46.5 Å². The smallest absolute Gasteiger partial charge is 0.304 e. The monoisotopic (exact) mass is 274 g/mol. The molecule has 4 bridgehead atoms. The van der Waals surface area contributed by atoms with Crippen molar-refractivity contribution >= 4 is 5.78 Å². The Bertz CT molecular complexity index is 388. The molecule has 0 heterocycles. The largest absolute Gasteiger partial charge is 0.390 e. The van der Waals surface area contributed by atoms with E-state index in [0.717, 1.165) is 32.1 Å². The standard InChI is InChI=1S/C14H20F2O3/c1-12(15,16)11(17)7-19-14-5-9-2-10(6-14)4-13(18,3-9)8-14/h9-10,18H,2-8H2,1H3. The van der Waals surface area contributed by atoms with E-state index in [0.29, 0.717) is 25.2 Å². The Balaban J connectivity index is 1.69. The van der Waals surface area contributed by atoms with Crippen molar-refractivity contribution in [3.05, 3.63) is 0 Å². The minimum absolute atomic E-state index is 0.420. The van der Waals surface area contributed by atoms with Crippen LogP contribution < -0.4 is 0 Å². The van der Waals surface area contributed by atoms with Gasteiger partial charge in [0.25, 0.3) is 0 Å². The van der Waals surface area contributed by atoms with Crippen molar-refractivity contribution in [1.29, 1.82) is 0 Å². The van der Waals surface area contributed by atoms with E-state index in [-0.39, 0.29) is 0 Å². The van der Waals surface area contributed by atoms with Crippen molar-refractivity contribution in [2.75, 3.05) is 6.61 Å². The molecule has 5 heteroatoms. The van der Waals surface area contributed by atoms with Gasteiger partial charge >= 0.3 is 5.92 Å². The molecule has 3 nitrogen and oxygen atoms in total. The Morgan fingerprint density at radius 2 is 1.89 bits per heavy atom. The molecule has 0 spiro atoms. The zero-order valence-corrected chi connectivity index (χ0v) is 11.1. The molecule has 4 aliphatic carbocycles. The summed E-state index contributed by atoms with van der Waals surface area (Å²) in [6, 6.07) is 0. The zero-order chi connectivity index (χ0) is 13.9. The maximum Gasteiger partial charge on any atom is 0.304 e. The van der Waals surface area contributed by atoms with Gasteiger partial charge in [-0.1, -0.05) is 0 Å². The third-order valence-corrected chi connectivity index (χ3v) is 4.98. The first kappa shape index (κ1) is 13.4. The third-order valence-electron chi connectivity index (χ3n) is 4.98. The summed E-state index contributed by atoms with van der Waals surface area (Å²) in [6.07, 6.45) is 4.79. The van der Waals surface area contributed by atoms with E-state index in [1.165, 1.54) is 0 Å². The molecule has 19 heavy (non-hydrogen) atoms. The number of carbonyl (C=O) groups excluding carboxylic acids is 1. The number of hydrogen-bond acceptors (Lipinski definition) is 3. The van der Waals surface area contributed by atoms with Crippen LogP contribution in [0.2, 0.25) is 0 Å². The van der Waals surface area contributed by atoms with Crippen LogP contribution in [0.4, 0.5) is 8.78 Å². The van der Waals surface area contributed by atoms with Crippen LogP contribution >= 0.6 is 0 Å². The second-order valence-corrected chi connectivity index (χ2v) is 6.97. The van der Waals surface area contributed by atoms with Crippen LogP contribution in [0.1, 0.15) is 45.4 Å². The Hall–Kier alpha value is -0.550. The maximum absolute atomic E-state index is 12.9. The van der Waals surface area contributed by atoms with E-state index < -0.39 is 29.5 Å². The fraction of sp³-hybridized carbons (Fsp3) is 0.929. The highest BCUT2D eigenvalue weighted by Crippen LogP contribution is 2.58. The third kappa shape index (κ3) is 2.42. The SMILES string of the molecule is CC(F)(F)C(=O)COC12CC3CC(CC(O)(C3)C1)C2. The summed E-state index contributed by atoms with van der Waals surface area (Å²) in [6.45, 7) is 0.0604. The van der Waals surface area contributed by atoms with E-state index in [2.05, 4.69) is 0 Å². The minimum Gasteiger partial charge on any atom is -0.390 e. The minimum atomic E-state index is -3.33. The summed E-state index contributed by atoms with van der Waals surface area (Å²) in [5.74, 6) is -3.67. The molecule has 0 radical (unpaired) electrons. The van der Waals surface area contributed by atoms with Crippen LogP contribution in [0, 0.1) is 11.8 Å². The number of aliphatic hydroxyl groups is 1. The van der Waals surface area contributed by atoms with E-state index in [1.54, 1.807) is 0 Å². The average Bonchev–Trinajstić information content (AvgIpc) is 2.21. The molecule has 0 saturated heterocycles. The Labute approximate surface area is 111 Å². The first-order chi connectivity index (χ1) is 8.70. The van der Waals surface area contributed by atoms with Gasteiger partial charge in [-0.3, -0.25) is 4.79 Å². The van der Waals surface area contributed by atoms with Crippen LogP contribution in [0.3, 0.4) is 0 Å². The summed E-state index contributed by atoms with van der Waals surface area (Å²) < 4.78 is 31.3. The summed E-state index contributed by atoms with van der Waals surface area (Å²) in [4.78, 5) is 11.3. The van der Waals surface area contributed by atoms with E-state index in [4.69, 9.17) is 4.74 Å². The fourth-order valence-electron chi connectivity index (χ4n) is 4.65. The Morgan fingerprint density at radius 1 is 1.32 bits per heavy atom. The molecule has 4 aliphatic rings. The predicted octanol–water partition coefficient (Wildman–Crippen LogP) is 2.31. The Morgan fingerprint density at radius 3 is 2.37 bits per heavy atom. The maximum atomic E-state index is 12.9. The quantitative estimate of drug-likeness (QED) is 0.855. The molecule has 1 N–H and O–H groups in total. The van der Waals surface area contributed by atoms with Crippen LogP contribution in [-0.4, -0.2) is 34.6 Å². The van der Waals surface area contributed by atoms with Crippen molar-refractivity contribution < 1.29 is 23.4 Å². The molecule has 108 valence electrons. The summed E-state index contributed by atoms with van der Waals surface area (Å²) in [7, 11) is 0. The van der Waals surface area contributed by atoms with Crippen molar-refractivity contribution in [3.63, 3.8) is 0 Å². The molecule has 2 atom stereocenters. The molecule has 0 aliphatic heterocycles. The van der Waals surface area contributed by atoms with Gasteiger partial charge in [0.1, 0.15) is 6.61 Å².